The first-order chi connectivity index (χ1) is 13.8. The lowest BCUT2D eigenvalue weighted by Gasteiger charge is -2.14. The highest BCUT2D eigenvalue weighted by Crippen LogP contribution is 2.24. The van der Waals surface area contributed by atoms with Gasteiger partial charge in [-0.1, -0.05) is 18.2 Å². The molecule has 0 heterocycles. The normalized spacial score (nSPS) is 11.0. The number of sulfonamides is 1. The molecule has 0 aliphatic heterocycles. The third kappa shape index (κ3) is 5.52. The molecule has 0 unspecified atom stereocenters. The summed E-state index contributed by atoms with van der Waals surface area (Å²) in [6, 6.07) is 15.8. The van der Waals surface area contributed by atoms with Gasteiger partial charge in [0.15, 0.2) is 6.61 Å². The summed E-state index contributed by atoms with van der Waals surface area (Å²) < 4.78 is 58.7. The van der Waals surface area contributed by atoms with Gasteiger partial charge in [-0.2, -0.15) is 0 Å². The summed E-state index contributed by atoms with van der Waals surface area (Å²) in [5, 5.41) is 2.53. The summed E-state index contributed by atoms with van der Waals surface area (Å²) in [4.78, 5) is 12.0. The number of ether oxygens (including phenoxy) is 1. The van der Waals surface area contributed by atoms with Crippen molar-refractivity contribution in [2.24, 2.45) is 0 Å². The van der Waals surface area contributed by atoms with Crippen LogP contribution >= 0.6 is 0 Å². The first kappa shape index (κ1) is 20.3. The Balaban J connectivity index is 1.70. The fraction of sp³-hybridized carbons (Fsp3) is 0.0500. The second kappa shape index (κ2) is 8.70. The molecule has 9 heteroatoms. The van der Waals surface area contributed by atoms with Crippen LogP contribution in [0.5, 0.6) is 5.75 Å². The van der Waals surface area contributed by atoms with E-state index in [2.05, 4.69) is 10.0 Å². The molecule has 0 spiro atoms. The maximum atomic E-state index is 13.1. The first-order valence-corrected chi connectivity index (χ1v) is 9.87. The lowest BCUT2D eigenvalue weighted by atomic mass is 10.2. The van der Waals surface area contributed by atoms with Gasteiger partial charge in [0.25, 0.3) is 15.9 Å². The Labute approximate surface area is 166 Å². The number of amides is 1. The van der Waals surface area contributed by atoms with Crippen LogP contribution in [0.25, 0.3) is 0 Å². The van der Waals surface area contributed by atoms with E-state index in [1.807, 2.05) is 0 Å². The minimum Gasteiger partial charge on any atom is -0.484 e. The number of hydrogen-bond acceptors (Lipinski definition) is 4. The molecule has 2 N–H and O–H groups in total. The number of halogens is 2. The van der Waals surface area contributed by atoms with Crippen LogP contribution in [0.2, 0.25) is 0 Å². The van der Waals surface area contributed by atoms with E-state index in [0.29, 0.717) is 0 Å². The summed E-state index contributed by atoms with van der Waals surface area (Å²) in [6.45, 7) is -0.400. The van der Waals surface area contributed by atoms with E-state index in [-0.39, 0.29) is 22.0 Å². The predicted molar refractivity (Wildman–Crippen MR) is 104 cm³/mol. The number of hydrogen-bond donors (Lipinski definition) is 2. The zero-order chi connectivity index (χ0) is 20.9. The molecule has 3 aromatic rings. The highest BCUT2D eigenvalue weighted by Gasteiger charge is 2.17. The van der Waals surface area contributed by atoms with Crippen molar-refractivity contribution in [3.63, 3.8) is 0 Å². The zero-order valence-corrected chi connectivity index (χ0v) is 15.7. The molecule has 0 fully saturated rings. The third-order valence-corrected chi connectivity index (χ3v) is 5.12. The number of nitrogens with one attached hydrogen (secondary N) is 2. The topological polar surface area (TPSA) is 84.5 Å². The number of anilines is 2. The van der Waals surface area contributed by atoms with E-state index in [4.69, 9.17) is 4.74 Å². The summed E-state index contributed by atoms with van der Waals surface area (Å²) in [6.07, 6.45) is 0. The molecule has 0 saturated carbocycles. The highest BCUT2D eigenvalue weighted by molar-refractivity contribution is 7.92. The SMILES string of the molecule is O=C(COc1cccc(F)c1)Nc1ccccc1NS(=O)(=O)c1ccc(F)cc1. The molecule has 0 aromatic heterocycles. The van der Waals surface area contributed by atoms with Gasteiger partial charge in [-0.25, -0.2) is 17.2 Å². The van der Waals surface area contributed by atoms with Crippen LogP contribution in [0, 0.1) is 11.6 Å². The molecule has 1 amide bonds. The monoisotopic (exact) mass is 418 g/mol. The molecule has 3 aromatic carbocycles. The third-order valence-electron chi connectivity index (χ3n) is 3.74. The minimum atomic E-state index is -3.99. The Kier molecular flexibility index (Phi) is 6.08. The first-order valence-electron chi connectivity index (χ1n) is 8.39. The number of benzene rings is 3. The maximum absolute atomic E-state index is 13.1. The van der Waals surface area contributed by atoms with Gasteiger partial charge in [0.2, 0.25) is 0 Å². The van der Waals surface area contributed by atoms with Gasteiger partial charge < -0.3 is 10.1 Å². The number of carbonyl (C=O) groups excluding carboxylic acids is 1. The average molecular weight is 418 g/mol. The second-order valence-electron chi connectivity index (χ2n) is 5.90. The van der Waals surface area contributed by atoms with Crippen molar-refractivity contribution in [1.82, 2.24) is 0 Å². The molecule has 0 saturated heterocycles. The number of carbonyl (C=O) groups is 1. The van der Waals surface area contributed by atoms with Crippen molar-refractivity contribution in [3.05, 3.63) is 84.4 Å². The second-order valence-corrected chi connectivity index (χ2v) is 7.58. The fourth-order valence-electron chi connectivity index (χ4n) is 2.39. The van der Waals surface area contributed by atoms with Crippen LogP contribution < -0.4 is 14.8 Å². The van der Waals surface area contributed by atoms with E-state index in [1.165, 1.54) is 30.3 Å². The summed E-state index contributed by atoms with van der Waals surface area (Å²) in [5.41, 5.74) is 0.321. The Morgan fingerprint density at radius 1 is 0.862 bits per heavy atom. The van der Waals surface area contributed by atoms with Crippen LogP contribution in [-0.4, -0.2) is 20.9 Å². The summed E-state index contributed by atoms with van der Waals surface area (Å²) in [7, 11) is -3.99. The standard InChI is InChI=1S/C20H16F2N2O4S/c21-14-8-10-17(11-9-14)29(26,27)24-19-7-2-1-6-18(19)23-20(25)13-28-16-5-3-4-15(22)12-16/h1-12,24H,13H2,(H,23,25). The maximum Gasteiger partial charge on any atom is 0.262 e. The van der Waals surface area contributed by atoms with Gasteiger partial charge in [0.05, 0.1) is 16.3 Å². The van der Waals surface area contributed by atoms with Crippen LogP contribution in [0.3, 0.4) is 0 Å². The van der Waals surface area contributed by atoms with Crippen LogP contribution in [-0.2, 0) is 14.8 Å². The van der Waals surface area contributed by atoms with Crippen LogP contribution in [0.15, 0.2) is 77.7 Å². The molecule has 0 atom stereocenters. The molecule has 3 rings (SSSR count). The number of para-hydroxylation sites is 2. The fourth-order valence-corrected chi connectivity index (χ4v) is 3.47. The van der Waals surface area contributed by atoms with Gasteiger partial charge in [-0.3, -0.25) is 9.52 Å². The van der Waals surface area contributed by atoms with Gasteiger partial charge in [0.1, 0.15) is 17.4 Å². The van der Waals surface area contributed by atoms with Crippen molar-refractivity contribution in [3.8, 4) is 5.75 Å². The van der Waals surface area contributed by atoms with E-state index in [9.17, 15) is 22.0 Å². The van der Waals surface area contributed by atoms with E-state index < -0.39 is 34.2 Å². The smallest absolute Gasteiger partial charge is 0.262 e. The Morgan fingerprint density at radius 3 is 2.24 bits per heavy atom. The van der Waals surface area contributed by atoms with Crippen molar-refractivity contribution >= 4 is 27.3 Å². The lowest BCUT2D eigenvalue weighted by molar-refractivity contribution is -0.118. The van der Waals surface area contributed by atoms with Crippen molar-refractivity contribution in [2.75, 3.05) is 16.6 Å². The van der Waals surface area contributed by atoms with Crippen molar-refractivity contribution in [1.29, 1.82) is 0 Å². The molecule has 0 bridgehead atoms. The molecule has 150 valence electrons. The van der Waals surface area contributed by atoms with Gasteiger partial charge in [0, 0.05) is 6.07 Å². The molecule has 6 nitrogen and oxygen atoms in total. The number of rotatable bonds is 7. The van der Waals surface area contributed by atoms with Crippen LogP contribution in [0.1, 0.15) is 0 Å². The molecular formula is C20H16F2N2O4S. The molecular weight excluding hydrogens is 402 g/mol. The zero-order valence-electron chi connectivity index (χ0n) is 14.9. The van der Waals surface area contributed by atoms with E-state index in [0.717, 1.165) is 30.3 Å². The van der Waals surface area contributed by atoms with E-state index >= 15 is 0 Å². The van der Waals surface area contributed by atoms with Gasteiger partial charge >= 0.3 is 0 Å². The minimum absolute atomic E-state index is 0.121. The molecule has 0 radical (unpaired) electrons. The predicted octanol–water partition coefficient (Wildman–Crippen LogP) is 3.78. The molecule has 0 aliphatic rings. The lowest BCUT2D eigenvalue weighted by Crippen LogP contribution is -2.22. The van der Waals surface area contributed by atoms with Gasteiger partial charge in [-0.05, 0) is 48.5 Å². The Bertz CT molecular complexity index is 1120. The average Bonchev–Trinajstić information content (AvgIpc) is 2.68. The van der Waals surface area contributed by atoms with Crippen molar-refractivity contribution in [2.45, 2.75) is 4.90 Å². The Morgan fingerprint density at radius 2 is 1.55 bits per heavy atom. The Hall–Kier alpha value is -3.46. The quantitative estimate of drug-likeness (QED) is 0.612. The van der Waals surface area contributed by atoms with Crippen molar-refractivity contribution < 1.29 is 26.7 Å². The largest absolute Gasteiger partial charge is 0.484 e. The van der Waals surface area contributed by atoms with E-state index in [1.54, 1.807) is 12.1 Å². The molecule has 29 heavy (non-hydrogen) atoms. The molecule has 0 aliphatic carbocycles. The van der Waals surface area contributed by atoms with Crippen LogP contribution in [0.4, 0.5) is 20.2 Å². The summed E-state index contributed by atoms with van der Waals surface area (Å²) >= 11 is 0. The summed E-state index contributed by atoms with van der Waals surface area (Å²) in [5.74, 6) is -1.44. The highest BCUT2D eigenvalue weighted by atomic mass is 32.2. The van der Waals surface area contributed by atoms with Gasteiger partial charge in [-0.15, -0.1) is 0 Å².